The largest absolute Gasteiger partial charge is 0.480 e. The minimum Gasteiger partial charge on any atom is -0.480 e. The van der Waals surface area contributed by atoms with E-state index >= 15 is 0 Å². The molecule has 1 N–H and O–H groups in total. The Hall–Kier alpha value is -2.40. The summed E-state index contributed by atoms with van der Waals surface area (Å²) >= 11 is 0. The lowest BCUT2D eigenvalue weighted by Gasteiger charge is -2.25. The second kappa shape index (κ2) is 7.66. The van der Waals surface area contributed by atoms with E-state index in [0.717, 1.165) is 42.1 Å². The van der Waals surface area contributed by atoms with E-state index in [-0.39, 0.29) is 18.5 Å². The Morgan fingerprint density at radius 2 is 1.88 bits per heavy atom. The number of benzene rings is 2. The van der Waals surface area contributed by atoms with Crippen LogP contribution in [0.5, 0.6) is 0 Å². The average Bonchev–Trinajstić information content (AvgIpc) is 2.86. The van der Waals surface area contributed by atoms with Crippen LogP contribution in [-0.2, 0) is 4.79 Å². The number of carboxylic acids is 1. The molecule has 132 valence electrons. The van der Waals surface area contributed by atoms with E-state index in [4.69, 9.17) is 5.11 Å². The summed E-state index contributed by atoms with van der Waals surface area (Å²) in [7, 11) is 1.85. The van der Waals surface area contributed by atoms with Crippen LogP contribution in [0.25, 0.3) is 10.8 Å². The molecular weight excluding hydrogens is 316 g/mol. The molecule has 1 heterocycles. The first-order valence-electron chi connectivity index (χ1n) is 8.74. The first kappa shape index (κ1) is 17.4. The summed E-state index contributed by atoms with van der Waals surface area (Å²) in [6, 6.07) is 14.1. The van der Waals surface area contributed by atoms with Crippen LogP contribution >= 0.6 is 0 Å². The maximum atomic E-state index is 12.9. The number of amides is 1. The van der Waals surface area contributed by atoms with Crippen LogP contribution < -0.4 is 0 Å². The fourth-order valence-electron chi connectivity index (χ4n) is 3.57. The monoisotopic (exact) mass is 340 g/mol. The molecule has 3 rings (SSSR count). The van der Waals surface area contributed by atoms with Crippen LogP contribution in [0.2, 0.25) is 0 Å². The van der Waals surface area contributed by atoms with Crippen molar-refractivity contribution in [2.24, 2.45) is 0 Å². The standard InChI is InChI=1S/C20H24N2O3/c1-21(14-19(23)24)18-7-4-11-22(12-10-18)20(25)17-9-8-15-5-2-3-6-16(15)13-17/h2-3,5-6,8-9,13,18H,4,7,10-12,14H2,1H3,(H,23,24)/t18-/m1/s1. The molecule has 0 spiro atoms. The number of fused-ring (bicyclic) bond motifs is 1. The molecular formula is C20H24N2O3. The maximum absolute atomic E-state index is 12.9. The van der Waals surface area contributed by atoms with Crippen molar-refractivity contribution in [2.45, 2.75) is 25.3 Å². The number of likely N-dealkylation sites (tertiary alicyclic amines) is 1. The van der Waals surface area contributed by atoms with Crippen LogP contribution in [0.1, 0.15) is 29.6 Å². The average molecular weight is 340 g/mol. The van der Waals surface area contributed by atoms with Crippen molar-refractivity contribution in [3.63, 3.8) is 0 Å². The van der Waals surface area contributed by atoms with Crippen molar-refractivity contribution in [2.75, 3.05) is 26.7 Å². The first-order valence-corrected chi connectivity index (χ1v) is 8.74. The van der Waals surface area contributed by atoms with Crippen molar-refractivity contribution < 1.29 is 14.7 Å². The summed E-state index contributed by atoms with van der Waals surface area (Å²) in [5.41, 5.74) is 0.719. The topological polar surface area (TPSA) is 60.9 Å². The SMILES string of the molecule is CN(CC(=O)O)[C@@H]1CCCN(C(=O)c2ccc3ccccc3c2)CC1. The molecule has 1 amide bonds. The van der Waals surface area contributed by atoms with E-state index in [1.54, 1.807) is 0 Å². The Balaban J connectivity index is 1.68. The normalized spacial score (nSPS) is 18.3. The number of hydrogen-bond donors (Lipinski definition) is 1. The van der Waals surface area contributed by atoms with Gasteiger partial charge in [0.2, 0.25) is 0 Å². The van der Waals surface area contributed by atoms with E-state index < -0.39 is 5.97 Å². The number of aliphatic carboxylic acids is 1. The minimum absolute atomic E-state index is 0.0449. The predicted molar refractivity (Wildman–Crippen MR) is 97.8 cm³/mol. The van der Waals surface area contributed by atoms with Crippen LogP contribution in [0, 0.1) is 0 Å². The Morgan fingerprint density at radius 3 is 2.64 bits per heavy atom. The van der Waals surface area contributed by atoms with Crippen LogP contribution in [0.15, 0.2) is 42.5 Å². The van der Waals surface area contributed by atoms with Crippen molar-refractivity contribution in [3.8, 4) is 0 Å². The van der Waals surface area contributed by atoms with Crippen LogP contribution in [0.4, 0.5) is 0 Å². The zero-order valence-corrected chi connectivity index (χ0v) is 14.5. The fourth-order valence-corrected chi connectivity index (χ4v) is 3.57. The van der Waals surface area contributed by atoms with E-state index in [0.29, 0.717) is 6.54 Å². The molecule has 2 aromatic rings. The molecule has 1 fully saturated rings. The molecule has 0 radical (unpaired) electrons. The number of carboxylic acid groups (broad SMARTS) is 1. The lowest BCUT2D eigenvalue weighted by atomic mass is 10.1. The molecule has 0 bridgehead atoms. The number of carbonyl (C=O) groups is 2. The van der Waals surface area contributed by atoms with E-state index in [1.165, 1.54) is 0 Å². The zero-order valence-electron chi connectivity index (χ0n) is 14.5. The van der Waals surface area contributed by atoms with Gasteiger partial charge < -0.3 is 10.0 Å². The van der Waals surface area contributed by atoms with Gasteiger partial charge in [-0.1, -0.05) is 30.3 Å². The lowest BCUT2D eigenvalue weighted by Crippen LogP contribution is -2.37. The number of hydrogen-bond acceptors (Lipinski definition) is 3. The van der Waals surface area contributed by atoms with Gasteiger partial charge in [0, 0.05) is 24.7 Å². The third-order valence-electron chi connectivity index (χ3n) is 4.99. The van der Waals surface area contributed by atoms with Gasteiger partial charge in [-0.05, 0) is 49.2 Å². The van der Waals surface area contributed by atoms with E-state index in [2.05, 4.69) is 0 Å². The highest BCUT2D eigenvalue weighted by molar-refractivity contribution is 5.98. The Kier molecular flexibility index (Phi) is 5.34. The highest BCUT2D eigenvalue weighted by Gasteiger charge is 2.24. The van der Waals surface area contributed by atoms with Gasteiger partial charge in [0.15, 0.2) is 0 Å². The summed E-state index contributed by atoms with van der Waals surface area (Å²) < 4.78 is 0. The number of carbonyl (C=O) groups excluding carboxylic acids is 1. The third kappa shape index (κ3) is 4.17. The van der Waals surface area contributed by atoms with Crippen LogP contribution in [0.3, 0.4) is 0 Å². The molecule has 0 saturated carbocycles. The minimum atomic E-state index is -0.809. The highest BCUT2D eigenvalue weighted by atomic mass is 16.4. The van der Waals surface area contributed by atoms with Gasteiger partial charge in [-0.2, -0.15) is 0 Å². The summed E-state index contributed by atoms with van der Waals surface area (Å²) in [5.74, 6) is -0.747. The summed E-state index contributed by atoms with van der Waals surface area (Å²) in [5, 5.41) is 11.2. The Morgan fingerprint density at radius 1 is 1.12 bits per heavy atom. The molecule has 1 aliphatic heterocycles. The van der Waals surface area contributed by atoms with Crippen molar-refractivity contribution in [1.82, 2.24) is 9.80 Å². The van der Waals surface area contributed by atoms with Gasteiger partial charge in [-0.3, -0.25) is 14.5 Å². The summed E-state index contributed by atoms with van der Waals surface area (Å²) in [4.78, 5) is 27.5. The second-order valence-corrected chi connectivity index (χ2v) is 6.75. The Labute approximate surface area is 147 Å². The van der Waals surface area contributed by atoms with Gasteiger partial charge >= 0.3 is 5.97 Å². The van der Waals surface area contributed by atoms with Gasteiger partial charge in [0.05, 0.1) is 6.54 Å². The molecule has 0 aliphatic carbocycles. The van der Waals surface area contributed by atoms with Gasteiger partial charge in [0.25, 0.3) is 5.91 Å². The van der Waals surface area contributed by atoms with Crippen molar-refractivity contribution in [3.05, 3.63) is 48.0 Å². The summed E-state index contributed by atoms with van der Waals surface area (Å²) in [6.07, 6.45) is 2.63. The lowest BCUT2D eigenvalue weighted by molar-refractivity contribution is -0.138. The fraction of sp³-hybridized carbons (Fsp3) is 0.400. The molecule has 5 nitrogen and oxygen atoms in total. The first-order chi connectivity index (χ1) is 12.0. The molecule has 1 atom stereocenters. The number of nitrogens with zero attached hydrogens (tertiary/aromatic N) is 2. The van der Waals surface area contributed by atoms with Crippen LogP contribution in [-0.4, -0.2) is 59.5 Å². The Bertz CT molecular complexity index is 774. The van der Waals surface area contributed by atoms with Gasteiger partial charge in [-0.15, -0.1) is 0 Å². The molecule has 1 saturated heterocycles. The third-order valence-corrected chi connectivity index (χ3v) is 4.99. The molecule has 0 aromatic heterocycles. The second-order valence-electron chi connectivity index (χ2n) is 6.75. The van der Waals surface area contributed by atoms with E-state index in [9.17, 15) is 9.59 Å². The zero-order chi connectivity index (χ0) is 17.8. The molecule has 0 unspecified atom stereocenters. The number of likely N-dealkylation sites (N-methyl/N-ethyl adjacent to an activating group) is 1. The van der Waals surface area contributed by atoms with Crippen molar-refractivity contribution in [1.29, 1.82) is 0 Å². The van der Waals surface area contributed by atoms with Gasteiger partial charge in [-0.25, -0.2) is 0 Å². The van der Waals surface area contributed by atoms with Crippen molar-refractivity contribution >= 4 is 22.6 Å². The smallest absolute Gasteiger partial charge is 0.317 e. The number of rotatable bonds is 4. The molecule has 2 aromatic carbocycles. The summed E-state index contributed by atoms with van der Waals surface area (Å²) in [6.45, 7) is 1.44. The maximum Gasteiger partial charge on any atom is 0.317 e. The molecule has 1 aliphatic rings. The quantitative estimate of drug-likeness (QED) is 0.930. The van der Waals surface area contributed by atoms with E-state index in [1.807, 2.05) is 59.3 Å². The molecule has 25 heavy (non-hydrogen) atoms. The molecule has 5 heteroatoms. The van der Waals surface area contributed by atoms with Gasteiger partial charge in [0.1, 0.15) is 0 Å². The predicted octanol–water partition coefficient (Wildman–Crippen LogP) is 2.85. The highest BCUT2D eigenvalue weighted by Crippen LogP contribution is 2.20.